The summed E-state index contributed by atoms with van der Waals surface area (Å²) >= 11 is 0. The van der Waals surface area contributed by atoms with Gasteiger partial charge in [0.2, 0.25) is 0 Å². The van der Waals surface area contributed by atoms with Gasteiger partial charge in [-0.3, -0.25) is 15.1 Å². The molecule has 0 radical (unpaired) electrons. The highest BCUT2D eigenvalue weighted by Gasteiger charge is 2.10. The van der Waals surface area contributed by atoms with Gasteiger partial charge >= 0.3 is 0 Å². The monoisotopic (exact) mass is 316 g/mol. The fourth-order valence-corrected chi connectivity index (χ4v) is 1.94. The molecule has 0 saturated carbocycles. The molecule has 0 unspecified atom stereocenters. The largest absolute Gasteiger partial charge is 0.507 e. The smallest absolute Gasteiger partial charge is 0.269 e. The highest BCUT2D eigenvalue weighted by molar-refractivity contribution is 5.84. The molecule has 0 bridgehead atoms. The van der Waals surface area contributed by atoms with E-state index in [1.807, 2.05) is 0 Å². The van der Waals surface area contributed by atoms with Gasteiger partial charge in [-0.1, -0.05) is 0 Å². The van der Waals surface area contributed by atoms with Crippen LogP contribution in [0.25, 0.3) is 0 Å². The molecule has 0 aliphatic rings. The van der Waals surface area contributed by atoms with E-state index in [9.17, 15) is 20.3 Å². The summed E-state index contributed by atoms with van der Waals surface area (Å²) in [5, 5.41) is 30.3. The standard InChI is InChI=1S/C16H16N2O5/c1-23-14-6-7-15(19)12(8-14)9-17-10-16(20)11-2-4-13(5-3-11)18(21)22/h2-9,16,19-20H,10H2,1H3/t16-/m1/s1. The second kappa shape index (κ2) is 7.37. The van der Waals surface area contributed by atoms with Gasteiger partial charge in [0.05, 0.1) is 24.7 Å². The van der Waals surface area contributed by atoms with Crippen molar-refractivity contribution in [2.24, 2.45) is 4.99 Å². The van der Waals surface area contributed by atoms with E-state index >= 15 is 0 Å². The minimum atomic E-state index is -0.889. The van der Waals surface area contributed by atoms with Gasteiger partial charge in [0.1, 0.15) is 11.5 Å². The zero-order valence-corrected chi connectivity index (χ0v) is 12.4. The summed E-state index contributed by atoms with van der Waals surface area (Å²) in [7, 11) is 1.52. The third-order valence-corrected chi connectivity index (χ3v) is 3.23. The van der Waals surface area contributed by atoms with Crippen molar-refractivity contribution in [1.82, 2.24) is 0 Å². The topological polar surface area (TPSA) is 105 Å². The highest BCUT2D eigenvalue weighted by Crippen LogP contribution is 2.22. The van der Waals surface area contributed by atoms with Gasteiger partial charge in [-0.05, 0) is 35.9 Å². The van der Waals surface area contributed by atoms with Crippen LogP contribution in [0.2, 0.25) is 0 Å². The number of ether oxygens (including phenoxy) is 1. The van der Waals surface area contributed by atoms with E-state index in [4.69, 9.17) is 4.74 Å². The number of methoxy groups -OCH3 is 1. The SMILES string of the molecule is COc1ccc(O)c(C=NC[C@@H](O)c2ccc([N+](=O)[O-])cc2)c1. The maximum Gasteiger partial charge on any atom is 0.269 e. The summed E-state index contributed by atoms with van der Waals surface area (Å²) in [6, 6.07) is 10.4. The van der Waals surface area contributed by atoms with Crippen LogP contribution in [0.15, 0.2) is 47.5 Å². The summed E-state index contributed by atoms with van der Waals surface area (Å²) < 4.78 is 5.06. The molecule has 120 valence electrons. The summed E-state index contributed by atoms with van der Waals surface area (Å²) in [5.41, 5.74) is 0.966. The normalized spacial score (nSPS) is 12.3. The number of aromatic hydroxyl groups is 1. The second-order valence-electron chi connectivity index (χ2n) is 4.78. The summed E-state index contributed by atoms with van der Waals surface area (Å²) in [5.74, 6) is 0.638. The predicted octanol–water partition coefficient (Wildman–Crippen LogP) is 2.46. The number of nitrogens with zero attached hydrogens (tertiary/aromatic N) is 2. The Bertz CT molecular complexity index is 713. The van der Waals surface area contributed by atoms with Crippen LogP contribution >= 0.6 is 0 Å². The van der Waals surface area contributed by atoms with Gasteiger partial charge in [0, 0.05) is 23.9 Å². The number of hydrogen-bond donors (Lipinski definition) is 2. The number of benzene rings is 2. The molecule has 1 atom stereocenters. The quantitative estimate of drug-likeness (QED) is 0.484. The number of non-ortho nitro benzene ring substituents is 1. The molecule has 0 heterocycles. The van der Waals surface area contributed by atoms with E-state index < -0.39 is 11.0 Å². The van der Waals surface area contributed by atoms with Crippen molar-refractivity contribution >= 4 is 11.9 Å². The maximum absolute atomic E-state index is 10.6. The molecule has 2 aromatic rings. The number of nitro groups is 1. The Morgan fingerprint density at radius 2 is 2.00 bits per heavy atom. The zero-order valence-electron chi connectivity index (χ0n) is 12.4. The number of phenols is 1. The molecule has 7 nitrogen and oxygen atoms in total. The van der Waals surface area contributed by atoms with Gasteiger partial charge in [0.25, 0.3) is 5.69 Å². The maximum atomic E-state index is 10.6. The Balaban J connectivity index is 2.03. The van der Waals surface area contributed by atoms with Crippen LogP contribution in [0, 0.1) is 10.1 Å². The first-order chi connectivity index (χ1) is 11.0. The summed E-state index contributed by atoms with van der Waals surface area (Å²) in [6.07, 6.45) is 0.548. The van der Waals surface area contributed by atoms with E-state index in [-0.39, 0.29) is 18.0 Å². The number of aliphatic hydroxyl groups is 1. The zero-order chi connectivity index (χ0) is 16.8. The van der Waals surface area contributed by atoms with Crippen molar-refractivity contribution in [3.8, 4) is 11.5 Å². The summed E-state index contributed by atoms with van der Waals surface area (Å²) in [4.78, 5) is 14.2. The molecule has 0 aliphatic carbocycles. The van der Waals surface area contributed by atoms with Crippen LogP contribution in [-0.4, -0.2) is 35.0 Å². The highest BCUT2D eigenvalue weighted by atomic mass is 16.6. The third-order valence-electron chi connectivity index (χ3n) is 3.23. The average Bonchev–Trinajstić information content (AvgIpc) is 2.56. The molecular weight excluding hydrogens is 300 g/mol. The lowest BCUT2D eigenvalue weighted by Crippen LogP contribution is -2.02. The van der Waals surface area contributed by atoms with Gasteiger partial charge < -0.3 is 14.9 Å². The van der Waals surface area contributed by atoms with Crippen molar-refractivity contribution in [2.75, 3.05) is 13.7 Å². The summed E-state index contributed by atoms with van der Waals surface area (Å²) in [6.45, 7) is 0.0639. The van der Waals surface area contributed by atoms with Crippen molar-refractivity contribution in [3.05, 3.63) is 63.7 Å². The fourth-order valence-electron chi connectivity index (χ4n) is 1.94. The van der Waals surface area contributed by atoms with Crippen molar-refractivity contribution in [1.29, 1.82) is 0 Å². The third kappa shape index (κ3) is 4.27. The Morgan fingerprint density at radius 3 is 2.61 bits per heavy atom. The molecule has 2 aromatic carbocycles. The molecule has 2 N–H and O–H groups in total. The first-order valence-electron chi connectivity index (χ1n) is 6.80. The number of hydrogen-bond acceptors (Lipinski definition) is 6. The van der Waals surface area contributed by atoms with E-state index in [0.717, 1.165) is 0 Å². The van der Waals surface area contributed by atoms with Crippen LogP contribution in [0.3, 0.4) is 0 Å². The minimum absolute atomic E-state index is 0.0363. The van der Waals surface area contributed by atoms with E-state index in [2.05, 4.69) is 4.99 Å². The number of nitro benzene ring substituents is 1. The Kier molecular flexibility index (Phi) is 5.27. The lowest BCUT2D eigenvalue weighted by molar-refractivity contribution is -0.384. The lowest BCUT2D eigenvalue weighted by Gasteiger charge is -2.08. The van der Waals surface area contributed by atoms with Gasteiger partial charge in [-0.25, -0.2) is 0 Å². The van der Waals surface area contributed by atoms with E-state index in [1.54, 1.807) is 12.1 Å². The van der Waals surface area contributed by atoms with Crippen LogP contribution in [-0.2, 0) is 0 Å². The predicted molar refractivity (Wildman–Crippen MR) is 85.2 cm³/mol. The molecule has 0 fully saturated rings. The minimum Gasteiger partial charge on any atom is -0.507 e. The lowest BCUT2D eigenvalue weighted by atomic mass is 10.1. The molecular formula is C16H16N2O5. The molecule has 0 aromatic heterocycles. The van der Waals surface area contributed by atoms with Crippen molar-refractivity contribution < 1.29 is 19.9 Å². The first-order valence-corrected chi connectivity index (χ1v) is 6.80. The van der Waals surface area contributed by atoms with Crippen LogP contribution in [0.5, 0.6) is 11.5 Å². The number of aliphatic imine (C=N–C) groups is 1. The van der Waals surface area contributed by atoms with Gasteiger partial charge in [-0.15, -0.1) is 0 Å². The van der Waals surface area contributed by atoms with E-state index in [1.165, 1.54) is 43.7 Å². The van der Waals surface area contributed by atoms with Gasteiger partial charge in [-0.2, -0.15) is 0 Å². The average molecular weight is 316 g/mol. The number of phenolic OH excluding ortho intramolecular Hbond substituents is 1. The molecule has 2 rings (SSSR count). The molecule has 0 aliphatic heterocycles. The molecule has 0 saturated heterocycles. The van der Waals surface area contributed by atoms with Crippen LogP contribution < -0.4 is 4.74 Å². The Hall–Kier alpha value is -2.93. The molecule has 23 heavy (non-hydrogen) atoms. The molecule has 0 amide bonds. The first kappa shape index (κ1) is 16.4. The molecule has 0 spiro atoms. The van der Waals surface area contributed by atoms with Crippen LogP contribution in [0.1, 0.15) is 17.2 Å². The Morgan fingerprint density at radius 1 is 1.30 bits per heavy atom. The van der Waals surface area contributed by atoms with Crippen molar-refractivity contribution in [2.45, 2.75) is 6.10 Å². The fraction of sp³-hybridized carbons (Fsp3) is 0.188. The number of aliphatic hydroxyl groups excluding tert-OH is 1. The molecule has 7 heteroatoms. The van der Waals surface area contributed by atoms with Gasteiger partial charge in [0.15, 0.2) is 0 Å². The van der Waals surface area contributed by atoms with Crippen LogP contribution in [0.4, 0.5) is 5.69 Å². The second-order valence-corrected chi connectivity index (χ2v) is 4.78. The van der Waals surface area contributed by atoms with E-state index in [0.29, 0.717) is 16.9 Å². The van der Waals surface area contributed by atoms with Crippen molar-refractivity contribution in [3.63, 3.8) is 0 Å². The Labute approximate surface area is 132 Å². The number of rotatable bonds is 6.